The second-order valence-electron chi connectivity index (χ2n) is 6.34. The van der Waals surface area contributed by atoms with Gasteiger partial charge in [0.1, 0.15) is 10.8 Å². The highest BCUT2D eigenvalue weighted by Gasteiger charge is 2.24. The summed E-state index contributed by atoms with van der Waals surface area (Å²) in [5.41, 5.74) is 6.27. The van der Waals surface area contributed by atoms with Crippen LogP contribution in [0.1, 0.15) is 35.7 Å². The number of ether oxygens (including phenoxy) is 1. The van der Waals surface area contributed by atoms with Crippen molar-refractivity contribution in [3.05, 3.63) is 51.5 Å². The number of carbonyl (C=O) groups is 1. The number of hydrogen-bond acceptors (Lipinski definition) is 6. The van der Waals surface area contributed by atoms with Crippen LogP contribution in [-0.4, -0.2) is 41.8 Å². The zero-order chi connectivity index (χ0) is 20.7. The predicted molar refractivity (Wildman–Crippen MR) is 119 cm³/mol. The van der Waals surface area contributed by atoms with Crippen molar-refractivity contribution in [3.8, 4) is 11.5 Å². The highest BCUT2D eigenvalue weighted by Crippen LogP contribution is 2.43. The van der Waals surface area contributed by atoms with Crippen molar-refractivity contribution in [2.24, 2.45) is 5.73 Å². The average Bonchev–Trinajstić information content (AvgIpc) is 2.70. The van der Waals surface area contributed by atoms with Crippen LogP contribution in [0.2, 0.25) is 10.0 Å². The van der Waals surface area contributed by atoms with Gasteiger partial charge in [0.2, 0.25) is 0 Å². The number of hydrogen-bond donors (Lipinski definition) is 4. The van der Waals surface area contributed by atoms with E-state index in [0.717, 1.165) is 6.42 Å². The van der Waals surface area contributed by atoms with E-state index in [0.29, 0.717) is 30.8 Å². The standard InChI is InChI=1S/C20H24Cl2N2O4.ClH/c1-12(11-25)24-16-7-3-2-6-13(16)18(26)14-10-15(21)20(17(22)19(14)27)28-9-5-4-8-23;/h2-3,6-7,10,12,24-25,27H,4-5,8-9,11,23H2,1H3;1H. The highest BCUT2D eigenvalue weighted by molar-refractivity contribution is 6.39. The number of nitrogens with one attached hydrogen (secondary N) is 1. The molecule has 0 fully saturated rings. The summed E-state index contributed by atoms with van der Waals surface area (Å²) in [6, 6.07) is 7.90. The first-order chi connectivity index (χ1) is 13.4. The number of carbonyl (C=O) groups excluding carboxylic acids is 1. The number of nitrogens with two attached hydrogens (primary N) is 1. The van der Waals surface area contributed by atoms with Crippen LogP contribution in [-0.2, 0) is 0 Å². The minimum absolute atomic E-state index is 0. The lowest BCUT2D eigenvalue weighted by atomic mass is 10.00. The van der Waals surface area contributed by atoms with Crippen LogP contribution >= 0.6 is 35.6 Å². The number of phenols is 1. The number of benzene rings is 2. The van der Waals surface area contributed by atoms with Gasteiger partial charge in [0.05, 0.1) is 23.8 Å². The number of aromatic hydroxyl groups is 1. The Labute approximate surface area is 186 Å². The molecular weight excluding hydrogens is 439 g/mol. The van der Waals surface area contributed by atoms with Crippen molar-refractivity contribution >= 4 is 47.1 Å². The molecule has 1 atom stereocenters. The number of aliphatic hydroxyl groups excluding tert-OH is 1. The van der Waals surface area contributed by atoms with Crippen molar-refractivity contribution < 1.29 is 19.7 Å². The van der Waals surface area contributed by atoms with Crippen LogP contribution in [0.25, 0.3) is 0 Å². The molecule has 0 radical (unpaired) electrons. The van der Waals surface area contributed by atoms with Crippen LogP contribution < -0.4 is 15.8 Å². The van der Waals surface area contributed by atoms with Gasteiger partial charge in [-0.2, -0.15) is 0 Å². The maximum Gasteiger partial charge on any atom is 0.198 e. The summed E-state index contributed by atoms with van der Waals surface area (Å²) in [6.45, 7) is 2.58. The molecule has 2 aromatic rings. The zero-order valence-electron chi connectivity index (χ0n) is 16.0. The van der Waals surface area contributed by atoms with Gasteiger partial charge in [-0.1, -0.05) is 35.3 Å². The second-order valence-corrected chi connectivity index (χ2v) is 7.13. The summed E-state index contributed by atoms with van der Waals surface area (Å²) < 4.78 is 5.55. The van der Waals surface area contributed by atoms with Crippen LogP contribution in [0.5, 0.6) is 11.5 Å². The molecule has 0 spiro atoms. The van der Waals surface area contributed by atoms with Gasteiger partial charge in [-0.05, 0) is 44.5 Å². The SMILES string of the molecule is CC(CO)Nc1ccccc1C(=O)c1cc(Cl)c(OCCCCN)c(Cl)c1O.Cl. The number of para-hydroxylation sites is 1. The monoisotopic (exact) mass is 462 g/mol. The largest absolute Gasteiger partial charge is 0.505 e. The maximum atomic E-state index is 13.0. The minimum Gasteiger partial charge on any atom is -0.505 e. The molecule has 6 nitrogen and oxygen atoms in total. The average molecular weight is 464 g/mol. The lowest BCUT2D eigenvalue weighted by molar-refractivity contribution is 0.103. The smallest absolute Gasteiger partial charge is 0.198 e. The number of ketones is 1. The maximum absolute atomic E-state index is 13.0. The molecule has 2 rings (SSSR count). The van der Waals surface area contributed by atoms with Gasteiger partial charge in [-0.25, -0.2) is 0 Å². The first kappa shape index (κ1) is 25.3. The third kappa shape index (κ3) is 6.39. The third-order valence-corrected chi connectivity index (χ3v) is 4.72. The van der Waals surface area contributed by atoms with Gasteiger partial charge in [0.15, 0.2) is 11.5 Å². The van der Waals surface area contributed by atoms with Crippen LogP contribution in [0.3, 0.4) is 0 Å². The number of rotatable bonds is 10. The number of unbranched alkanes of at least 4 members (excludes halogenated alkanes) is 1. The molecule has 0 heterocycles. The Morgan fingerprint density at radius 1 is 1.24 bits per heavy atom. The summed E-state index contributed by atoms with van der Waals surface area (Å²) in [4.78, 5) is 13.0. The van der Waals surface area contributed by atoms with Crippen LogP contribution in [0.4, 0.5) is 5.69 Å². The van der Waals surface area contributed by atoms with Gasteiger partial charge in [0, 0.05) is 17.3 Å². The Balaban J connectivity index is 0.00000420. The quantitative estimate of drug-likeness (QED) is 0.310. The normalized spacial score (nSPS) is 11.5. The fourth-order valence-corrected chi connectivity index (χ4v) is 3.15. The molecule has 0 aliphatic heterocycles. The molecule has 29 heavy (non-hydrogen) atoms. The Bertz CT molecular complexity index is 834. The van der Waals surface area contributed by atoms with E-state index in [9.17, 15) is 15.0 Å². The summed E-state index contributed by atoms with van der Waals surface area (Å²) in [7, 11) is 0. The minimum atomic E-state index is -0.454. The molecule has 1 unspecified atom stereocenters. The summed E-state index contributed by atoms with van der Waals surface area (Å²) in [5, 5.41) is 22.8. The Morgan fingerprint density at radius 2 is 1.93 bits per heavy atom. The number of aliphatic hydroxyl groups is 1. The third-order valence-electron chi connectivity index (χ3n) is 4.09. The molecule has 0 aliphatic carbocycles. The molecule has 9 heteroatoms. The van der Waals surface area contributed by atoms with E-state index in [2.05, 4.69) is 5.32 Å². The number of halogens is 3. The molecular formula is C20H25Cl3N2O4. The topological polar surface area (TPSA) is 105 Å². The molecule has 2 aromatic carbocycles. The molecule has 160 valence electrons. The lowest BCUT2D eigenvalue weighted by Crippen LogP contribution is -2.21. The van der Waals surface area contributed by atoms with Crippen molar-refractivity contribution in [1.82, 2.24) is 0 Å². The number of phenolic OH excluding ortho intramolecular Hbond substituents is 1. The molecule has 0 bridgehead atoms. The fourth-order valence-electron chi connectivity index (χ4n) is 2.58. The van der Waals surface area contributed by atoms with Gasteiger partial charge in [0.25, 0.3) is 0 Å². The predicted octanol–water partition coefficient (Wildman–Crippen LogP) is 4.26. The van der Waals surface area contributed by atoms with Gasteiger partial charge < -0.3 is 26.0 Å². The van der Waals surface area contributed by atoms with E-state index in [1.165, 1.54) is 6.07 Å². The fraction of sp³-hybridized carbons (Fsp3) is 0.350. The van der Waals surface area contributed by atoms with Crippen molar-refractivity contribution in [1.29, 1.82) is 0 Å². The molecule has 0 saturated heterocycles. The van der Waals surface area contributed by atoms with E-state index < -0.39 is 11.5 Å². The molecule has 0 aliphatic rings. The van der Waals surface area contributed by atoms with E-state index in [1.807, 2.05) is 0 Å². The van der Waals surface area contributed by atoms with Gasteiger partial charge in [-0.3, -0.25) is 4.79 Å². The molecule has 5 N–H and O–H groups in total. The van der Waals surface area contributed by atoms with Gasteiger partial charge in [-0.15, -0.1) is 12.4 Å². The van der Waals surface area contributed by atoms with E-state index >= 15 is 0 Å². The Kier molecular flexibility index (Phi) is 10.6. The first-order valence-corrected chi connectivity index (χ1v) is 9.71. The van der Waals surface area contributed by atoms with Crippen LogP contribution in [0.15, 0.2) is 30.3 Å². The molecule has 0 saturated carbocycles. The summed E-state index contributed by atoms with van der Waals surface area (Å²) in [5.74, 6) is -0.714. The van der Waals surface area contributed by atoms with Crippen molar-refractivity contribution in [2.45, 2.75) is 25.8 Å². The van der Waals surface area contributed by atoms with Crippen LogP contribution in [0, 0.1) is 0 Å². The molecule has 0 aromatic heterocycles. The second kappa shape index (κ2) is 12.1. The first-order valence-electron chi connectivity index (χ1n) is 8.95. The van der Waals surface area contributed by atoms with E-state index in [-0.39, 0.29) is 46.4 Å². The van der Waals surface area contributed by atoms with Gasteiger partial charge >= 0.3 is 0 Å². The van der Waals surface area contributed by atoms with E-state index in [1.54, 1.807) is 31.2 Å². The summed E-state index contributed by atoms with van der Waals surface area (Å²) >= 11 is 12.5. The van der Waals surface area contributed by atoms with Crippen molar-refractivity contribution in [3.63, 3.8) is 0 Å². The Morgan fingerprint density at radius 3 is 2.59 bits per heavy atom. The zero-order valence-corrected chi connectivity index (χ0v) is 18.3. The Hall–Kier alpha value is -1.70. The summed E-state index contributed by atoms with van der Waals surface area (Å²) in [6.07, 6.45) is 1.50. The molecule has 0 amide bonds. The lowest BCUT2D eigenvalue weighted by Gasteiger charge is -2.17. The van der Waals surface area contributed by atoms with Crippen molar-refractivity contribution in [2.75, 3.05) is 25.1 Å². The van der Waals surface area contributed by atoms with E-state index in [4.69, 9.17) is 33.7 Å². The number of anilines is 1. The highest BCUT2D eigenvalue weighted by atomic mass is 35.5.